The Balaban J connectivity index is 2.19. The quantitative estimate of drug-likeness (QED) is 0.767. The molecule has 3 N–H and O–H groups in total. The van der Waals surface area contributed by atoms with E-state index < -0.39 is 0 Å². The molecule has 2 aromatic rings. The predicted molar refractivity (Wildman–Crippen MR) is 96.7 cm³/mol. The minimum atomic E-state index is -0.114. The molecule has 0 saturated carbocycles. The first-order chi connectivity index (χ1) is 11.2. The molecule has 0 aliphatic heterocycles. The first-order valence-electron chi connectivity index (χ1n) is 8.40. The monoisotopic (exact) mass is 331 g/mol. The fourth-order valence-electron chi connectivity index (χ4n) is 2.73. The van der Waals surface area contributed by atoms with E-state index in [9.17, 15) is 4.79 Å². The summed E-state index contributed by atoms with van der Waals surface area (Å²) in [6.45, 7) is 6.79. The molecule has 1 heterocycles. The lowest BCUT2D eigenvalue weighted by atomic mass is 10.0. The molecular formula is C19H27N2OS+. The highest BCUT2D eigenvalue weighted by Gasteiger charge is 2.25. The molecule has 3 nitrogen and oxygen atoms in total. The highest BCUT2D eigenvalue weighted by Crippen LogP contribution is 2.23. The van der Waals surface area contributed by atoms with E-state index in [1.807, 2.05) is 13.8 Å². The summed E-state index contributed by atoms with van der Waals surface area (Å²) in [6.07, 6.45) is 2.27. The first kappa shape index (κ1) is 17.7. The Labute approximate surface area is 143 Å². The van der Waals surface area contributed by atoms with Gasteiger partial charge in [-0.25, -0.2) is 0 Å². The van der Waals surface area contributed by atoms with E-state index in [1.165, 1.54) is 16.0 Å². The van der Waals surface area contributed by atoms with Crippen molar-refractivity contribution >= 4 is 17.2 Å². The zero-order valence-corrected chi connectivity index (χ0v) is 15.0. The average molecular weight is 332 g/mol. The van der Waals surface area contributed by atoms with Crippen LogP contribution < -0.4 is 10.6 Å². The van der Waals surface area contributed by atoms with Gasteiger partial charge in [-0.15, -0.1) is 11.3 Å². The molecule has 124 valence electrons. The standard InChI is InChI=1S/C19H26N2OS/c1-4-7-15-9-11-16(12-10-15)18(17-8-6-13-23-17)21-14(3)19(22)20-5-2/h6,8-14,18,21H,4-5,7H2,1-3H3,(H,20,22)/p+1/t14-,18+/m1/s1. The number of nitrogens with two attached hydrogens (primary N) is 1. The molecule has 1 aromatic heterocycles. The second-order valence-electron chi connectivity index (χ2n) is 5.86. The maximum absolute atomic E-state index is 12.1. The molecule has 2 rings (SSSR count). The van der Waals surface area contributed by atoms with Gasteiger partial charge < -0.3 is 10.6 Å². The van der Waals surface area contributed by atoms with Gasteiger partial charge in [0.15, 0.2) is 6.04 Å². The Morgan fingerprint density at radius 1 is 1.22 bits per heavy atom. The van der Waals surface area contributed by atoms with E-state index >= 15 is 0 Å². The van der Waals surface area contributed by atoms with Gasteiger partial charge in [0.05, 0.1) is 4.88 Å². The highest BCUT2D eigenvalue weighted by atomic mass is 32.1. The van der Waals surface area contributed by atoms with Gasteiger partial charge in [0, 0.05) is 12.1 Å². The van der Waals surface area contributed by atoms with Gasteiger partial charge in [-0.05, 0) is 37.3 Å². The summed E-state index contributed by atoms with van der Waals surface area (Å²) in [7, 11) is 0. The van der Waals surface area contributed by atoms with Crippen LogP contribution in [0.25, 0.3) is 0 Å². The zero-order chi connectivity index (χ0) is 16.7. The third kappa shape index (κ3) is 4.91. The molecule has 23 heavy (non-hydrogen) atoms. The zero-order valence-electron chi connectivity index (χ0n) is 14.2. The van der Waals surface area contributed by atoms with Crippen LogP contribution >= 0.6 is 11.3 Å². The molecule has 0 radical (unpaired) electrons. The van der Waals surface area contributed by atoms with E-state index in [4.69, 9.17) is 0 Å². The lowest BCUT2D eigenvalue weighted by molar-refractivity contribution is -0.704. The molecule has 2 atom stereocenters. The number of carbonyl (C=O) groups excluding carboxylic acids is 1. The topological polar surface area (TPSA) is 45.7 Å². The van der Waals surface area contributed by atoms with Crippen LogP contribution in [0.5, 0.6) is 0 Å². The van der Waals surface area contributed by atoms with E-state index in [0.29, 0.717) is 6.54 Å². The van der Waals surface area contributed by atoms with Gasteiger partial charge in [0.2, 0.25) is 0 Å². The lowest BCUT2D eigenvalue weighted by Crippen LogP contribution is -2.92. The van der Waals surface area contributed by atoms with Crippen molar-refractivity contribution in [2.75, 3.05) is 6.54 Å². The Morgan fingerprint density at radius 2 is 1.96 bits per heavy atom. The summed E-state index contributed by atoms with van der Waals surface area (Å²) in [5.41, 5.74) is 2.63. The van der Waals surface area contributed by atoms with Crippen LogP contribution in [0, 0.1) is 0 Å². The molecule has 1 aromatic carbocycles. The SMILES string of the molecule is CCCc1ccc([C@H]([NH2+][C@H](C)C(=O)NCC)c2cccs2)cc1. The van der Waals surface area contributed by atoms with Crippen LogP contribution in [0.3, 0.4) is 0 Å². The van der Waals surface area contributed by atoms with E-state index in [2.05, 4.69) is 59.3 Å². The number of amides is 1. The van der Waals surface area contributed by atoms with Crippen LogP contribution in [-0.2, 0) is 11.2 Å². The average Bonchev–Trinajstić information content (AvgIpc) is 3.08. The van der Waals surface area contributed by atoms with Crippen LogP contribution in [0.4, 0.5) is 0 Å². The van der Waals surface area contributed by atoms with Crippen LogP contribution in [0.15, 0.2) is 41.8 Å². The summed E-state index contributed by atoms with van der Waals surface area (Å²) in [6, 6.07) is 13.1. The number of carbonyl (C=O) groups is 1. The van der Waals surface area contributed by atoms with Crippen molar-refractivity contribution in [3.63, 3.8) is 0 Å². The number of rotatable bonds is 8. The van der Waals surface area contributed by atoms with Crippen molar-refractivity contribution in [2.45, 2.75) is 45.7 Å². The third-order valence-electron chi connectivity index (χ3n) is 3.97. The second-order valence-corrected chi connectivity index (χ2v) is 6.84. The molecule has 0 fully saturated rings. The number of quaternary nitrogens is 1. The maximum Gasteiger partial charge on any atom is 0.277 e. The molecule has 0 saturated heterocycles. The summed E-state index contributed by atoms with van der Waals surface area (Å²) in [4.78, 5) is 13.4. The normalized spacial score (nSPS) is 13.5. The second kappa shape index (κ2) is 8.85. The Kier molecular flexibility index (Phi) is 6.81. The number of hydrogen-bond donors (Lipinski definition) is 2. The van der Waals surface area contributed by atoms with Gasteiger partial charge in [-0.2, -0.15) is 0 Å². The Morgan fingerprint density at radius 3 is 2.52 bits per heavy atom. The third-order valence-corrected chi connectivity index (χ3v) is 4.93. The van der Waals surface area contributed by atoms with Crippen molar-refractivity contribution in [1.29, 1.82) is 0 Å². The number of benzene rings is 1. The van der Waals surface area contributed by atoms with Crippen molar-refractivity contribution in [3.8, 4) is 0 Å². The number of nitrogens with one attached hydrogen (secondary N) is 1. The maximum atomic E-state index is 12.1. The molecule has 0 unspecified atom stereocenters. The lowest BCUT2D eigenvalue weighted by Gasteiger charge is -2.19. The van der Waals surface area contributed by atoms with Gasteiger partial charge >= 0.3 is 0 Å². The number of aryl methyl sites for hydroxylation is 1. The molecule has 4 heteroatoms. The van der Waals surface area contributed by atoms with E-state index in [0.717, 1.165) is 12.8 Å². The number of likely N-dealkylation sites (N-methyl/N-ethyl adjacent to an activating group) is 1. The van der Waals surface area contributed by atoms with Crippen molar-refractivity contribution < 1.29 is 10.1 Å². The van der Waals surface area contributed by atoms with Crippen LogP contribution in [0.2, 0.25) is 0 Å². The van der Waals surface area contributed by atoms with Crippen molar-refractivity contribution in [3.05, 3.63) is 57.8 Å². The van der Waals surface area contributed by atoms with E-state index in [1.54, 1.807) is 11.3 Å². The van der Waals surface area contributed by atoms with Crippen LogP contribution in [0.1, 0.15) is 49.2 Å². The van der Waals surface area contributed by atoms with Crippen molar-refractivity contribution in [2.24, 2.45) is 0 Å². The fraction of sp³-hybridized carbons (Fsp3) is 0.421. The van der Waals surface area contributed by atoms with E-state index in [-0.39, 0.29) is 18.0 Å². The smallest absolute Gasteiger partial charge is 0.277 e. The predicted octanol–water partition coefficient (Wildman–Crippen LogP) is 2.88. The Bertz CT molecular complexity index is 592. The molecule has 0 aliphatic rings. The number of thiophene rings is 1. The molecule has 0 bridgehead atoms. The van der Waals surface area contributed by atoms with Gasteiger partial charge in [0.1, 0.15) is 6.04 Å². The van der Waals surface area contributed by atoms with Gasteiger partial charge in [-0.3, -0.25) is 4.79 Å². The minimum absolute atomic E-state index is 0.0941. The first-order valence-corrected chi connectivity index (χ1v) is 9.28. The molecule has 1 amide bonds. The van der Waals surface area contributed by atoms with Crippen LogP contribution in [-0.4, -0.2) is 18.5 Å². The number of hydrogen-bond acceptors (Lipinski definition) is 2. The summed E-state index contributed by atoms with van der Waals surface area (Å²) < 4.78 is 0. The summed E-state index contributed by atoms with van der Waals surface area (Å²) >= 11 is 1.74. The fourth-order valence-corrected chi connectivity index (χ4v) is 3.56. The van der Waals surface area contributed by atoms with Gasteiger partial charge in [-0.1, -0.05) is 43.7 Å². The minimum Gasteiger partial charge on any atom is -0.351 e. The molecular weight excluding hydrogens is 304 g/mol. The van der Waals surface area contributed by atoms with Crippen molar-refractivity contribution in [1.82, 2.24) is 5.32 Å². The summed E-state index contributed by atoms with van der Waals surface area (Å²) in [5.74, 6) is 0.0941. The van der Waals surface area contributed by atoms with Gasteiger partial charge in [0.25, 0.3) is 5.91 Å². The molecule has 0 spiro atoms. The summed E-state index contributed by atoms with van der Waals surface area (Å²) in [5, 5.41) is 7.16. The Hall–Kier alpha value is -1.65. The molecule has 0 aliphatic carbocycles. The largest absolute Gasteiger partial charge is 0.351 e. The highest BCUT2D eigenvalue weighted by molar-refractivity contribution is 7.10.